The van der Waals surface area contributed by atoms with E-state index >= 15 is 0 Å². The molecule has 3 rings (SSSR count). The summed E-state index contributed by atoms with van der Waals surface area (Å²) in [4.78, 5) is 25.9. The number of morpholine rings is 1. The Hall–Kier alpha value is -2.08. The SMILES string of the molecule is CC[C@H](C(=O)O)N1C(=O)CO[C@H](c2ccc(Cl)cc2)[C@@H]1c1ccc(Cl)cc1. The van der Waals surface area contributed by atoms with Crippen molar-refractivity contribution in [3.63, 3.8) is 0 Å². The summed E-state index contributed by atoms with van der Waals surface area (Å²) >= 11 is 12.0. The van der Waals surface area contributed by atoms with E-state index in [2.05, 4.69) is 0 Å². The molecular formula is C20H19Cl2NO4. The van der Waals surface area contributed by atoms with Gasteiger partial charge in [0.1, 0.15) is 18.8 Å². The van der Waals surface area contributed by atoms with Gasteiger partial charge in [0.15, 0.2) is 0 Å². The van der Waals surface area contributed by atoms with Crippen LogP contribution in [0.15, 0.2) is 48.5 Å². The molecule has 1 amide bonds. The second kappa shape index (κ2) is 8.30. The van der Waals surface area contributed by atoms with Gasteiger partial charge >= 0.3 is 5.97 Å². The van der Waals surface area contributed by atoms with Gasteiger partial charge in [0.2, 0.25) is 5.91 Å². The van der Waals surface area contributed by atoms with E-state index < -0.39 is 24.2 Å². The zero-order valence-corrected chi connectivity index (χ0v) is 16.2. The highest BCUT2D eigenvalue weighted by atomic mass is 35.5. The molecule has 0 radical (unpaired) electrons. The molecule has 7 heteroatoms. The van der Waals surface area contributed by atoms with Gasteiger partial charge in [0.25, 0.3) is 0 Å². The van der Waals surface area contributed by atoms with Gasteiger partial charge in [-0.15, -0.1) is 0 Å². The number of benzene rings is 2. The van der Waals surface area contributed by atoms with Crippen LogP contribution in [0.25, 0.3) is 0 Å². The summed E-state index contributed by atoms with van der Waals surface area (Å²) in [6.45, 7) is 1.57. The van der Waals surface area contributed by atoms with E-state index in [1.165, 1.54) is 4.90 Å². The van der Waals surface area contributed by atoms with Gasteiger partial charge in [-0.2, -0.15) is 0 Å². The maximum absolute atomic E-state index is 12.7. The summed E-state index contributed by atoms with van der Waals surface area (Å²) < 4.78 is 5.86. The Morgan fingerprint density at radius 1 is 1.11 bits per heavy atom. The fourth-order valence-corrected chi connectivity index (χ4v) is 3.66. The lowest BCUT2D eigenvalue weighted by Gasteiger charge is -2.44. The first-order valence-corrected chi connectivity index (χ1v) is 9.34. The molecule has 1 fully saturated rings. The van der Waals surface area contributed by atoms with Crippen LogP contribution in [0, 0.1) is 0 Å². The van der Waals surface area contributed by atoms with Crippen LogP contribution in [0.4, 0.5) is 0 Å². The lowest BCUT2D eigenvalue weighted by molar-refractivity contribution is -0.171. The highest BCUT2D eigenvalue weighted by Gasteiger charge is 2.43. The lowest BCUT2D eigenvalue weighted by atomic mass is 9.91. The second-order valence-corrected chi connectivity index (χ2v) is 7.22. The number of rotatable bonds is 5. The van der Waals surface area contributed by atoms with E-state index in [-0.39, 0.29) is 12.5 Å². The molecule has 1 N–H and O–H groups in total. The van der Waals surface area contributed by atoms with Crippen LogP contribution < -0.4 is 0 Å². The number of hydrogen-bond acceptors (Lipinski definition) is 3. The maximum Gasteiger partial charge on any atom is 0.326 e. The number of aliphatic carboxylic acids is 1. The van der Waals surface area contributed by atoms with E-state index in [0.29, 0.717) is 16.5 Å². The van der Waals surface area contributed by atoms with Gasteiger partial charge in [-0.1, -0.05) is 54.4 Å². The topological polar surface area (TPSA) is 66.8 Å². The van der Waals surface area contributed by atoms with Crippen molar-refractivity contribution in [2.75, 3.05) is 6.61 Å². The highest BCUT2D eigenvalue weighted by Crippen LogP contribution is 2.42. The number of nitrogens with zero attached hydrogens (tertiary/aromatic N) is 1. The van der Waals surface area contributed by atoms with Crippen molar-refractivity contribution in [1.82, 2.24) is 4.90 Å². The number of hydrogen-bond donors (Lipinski definition) is 1. The number of carboxylic acid groups (broad SMARTS) is 1. The first-order chi connectivity index (χ1) is 12.9. The van der Waals surface area contributed by atoms with Crippen LogP contribution in [0.1, 0.15) is 36.6 Å². The number of amides is 1. The summed E-state index contributed by atoms with van der Waals surface area (Å²) in [7, 11) is 0. The quantitative estimate of drug-likeness (QED) is 0.791. The number of halogens is 2. The third-order valence-electron chi connectivity index (χ3n) is 4.68. The molecule has 2 aromatic carbocycles. The molecular weight excluding hydrogens is 389 g/mol. The fraction of sp³-hybridized carbons (Fsp3) is 0.300. The van der Waals surface area contributed by atoms with Crippen molar-refractivity contribution >= 4 is 35.1 Å². The highest BCUT2D eigenvalue weighted by molar-refractivity contribution is 6.30. The van der Waals surface area contributed by atoms with Gasteiger partial charge in [-0.3, -0.25) is 4.79 Å². The average Bonchev–Trinajstić information content (AvgIpc) is 2.65. The second-order valence-electron chi connectivity index (χ2n) is 6.34. The van der Waals surface area contributed by atoms with Crippen molar-refractivity contribution in [2.45, 2.75) is 31.5 Å². The van der Waals surface area contributed by atoms with Crippen LogP contribution in [-0.4, -0.2) is 34.5 Å². The lowest BCUT2D eigenvalue weighted by Crippen LogP contribution is -2.53. The Balaban J connectivity index is 2.11. The third kappa shape index (κ3) is 4.10. The van der Waals surface area contributed by atoms with Crippen LogP contribution >= 0.6 is 23.2 Å². The molecule has 1 aliphatic rings. The molecule has 0 aromatic heterocycles. The molecule has 27 heavy (non-hydrogen) atoms. The van der Waals surface area contributed by atoms with E-state index in [1.54, 1.807) is 43.3 Å². The molecule has 1 heterocycles. The molecule has 1 saturated heterocycles. The average molecular weight is 408 g/mol. The van der Waals surface area contributed by atoms with Gasteiger partial charge < -0.3 is 14.7 Å². The fourth-order valence-electron chi connectivity index (χ4n) is 3.41. The number of carbonyl (C=O) groups excluding carboxylic acids is 1. The summed E-state index contributed by atoms with van der Waals surface area (Å²) in [6, 6.07) is 12.6. The zero-order valence-electron chi connectivity index (χ0n) is 14.6. The standard InChI is InChI=1S/C20H19Cl2NO4/c1-2-16(20(25)26)23-17(24)11-27-19(13-5-9-15(22)10-6-13)18(23)12-3-7-14(21)8-4-12/h3-10,16,18-19H,2,11H2,1H3,(H,25,26)/t16-,18+,19-/m1/s1. The van der Waals surface area contributed by atoms with Crippen LogP contribution in [0.2, 0.25) is 10.0 Å². The first kappa shape index (κ1) is 19.7. The molecule has 0 aliphatic carbocycles. The van der Waals surface area contributed by atoms with Gasteiger partial charge in [0, 0.05) is 10.0 Å². The third-order valence-corrected chi connectivity index (χ3v) is 5.18. The first-order valence-electron chi connectivity index (χ1n) is 8.59. The minimum atomic E-state index is -1.04. The Bertz CT molecular complexity index is 823. The van der Waals surface area contributed by atoms with E-state index in [1.807, 2.05) is 12.1 Å². The molecule has 1 aliphatic heterocycles. The smallest absolute Gasteiger partial charge is 0.326 e. The van der Waals surface area contributed by atoms with Gasteiger partial charge in [-0.25, -0.2) is 4.79 Å². The number of carbonyl (C=O) groups is 2. The number of carboxylic acids is 1. The Morgan fingerprint density at radius 3 is 2.11 bits per heavy atom. The van der Waals surface area contributed by atoms with Crippen molar-refractivity contribution < 1.29 is 19.4 Å². The minimum absolute atomic E-state index is 0.179. The molecule has 0 bridgehead atoms. The largest absolute Gasteiger partial charge is 0.480 e. The van der Waals surface area contributed by atoms with E-state index in [4.69, 9.17) is 27.9 Å². The Labute approximate surface area is 167 Å². The monoisotopic (exact) mass is 407 g/mol. The molecule has 0 saturated carbocycles. The Kier molecular flexibility index (Phi) is 6.05. The van der Waals surface area contributed by atoms with Crippen LogP contribution in [0.3, 0.4) is 0 Å². The summed E-state index contributed by atoms with van der Waals surface area (Å²) in [5.74, 6) is -1.39. The normalized spacial score (nSPS) is 21.1. The molecule has 3 atom stereocenters. The Morgan fingerprint density at radius 2 is 1.63 bits per heavy atom. The molecule has 5 nitrogen and oxygen atoms in total. The molecule has 0 unspecified atom stereocenters. The molecule has 0 spiro atoms. The number of ether oxygens (including phenoxy) is 1. The maximum atomic E-state index is 12.7. The van der Waals surface area contributed by atoms with Crippen molar-refractivity contribution in [3.05, 3.63) is 69.7 Å². The van der Waals surface area contributed by atoms with Crippen molar-refractivity contribution in [3.8, 4) is 0 Å². The minimum Gasteiger partial charge on any atom is -0.480 e. The zero-order chi connectivity index (χ0) is 19.6. The van der Waals surface area contributed by atoms with E-state index in [9.17, 15) is 14.7 Å². The molecule has 142 valence electrons. The van der Waals surface area contributed by atoms with Crippen molar-refractivity contribution in [1.29, 1.82) is 0 Å². The van der Waals surface area contributed by atoms with Gasteiger partial charge in [-0.05, 0) is 41.8 Å². The summed E-state index contributed by atoms with van der Waals surface area (Å²) in [5, 5.41) is 10.8. The predicted octanol–water partition coefficient (Wildman–Crippen LogP) is 4.50. The van der Waals surface area contributed by atoms with Gasteiger partial charge in [0.05, 0.1) is 6.04 Å². The van der Waals surface area contributed by atoms with Crippen LogP contribution in [0.5, 0.6) is 0 Å². The van der Waals surface area contributed by atoms with E-state index in [0.717, 1.165) is 11.1 Å². The molecule has 2 aromatic rings. The summed E-state index contributed by atoms with van der Waals surface area (Å²) in [6.07, 6.45) is -0.229. The summed E-state index contributed by atoms with van der Waals surface area (Å²) in [5.41, 5.74) is 1.57. The van der Waals surface area contributed by atoms with Crippen molar-refractivity contribution in [2.24, 2.45) is 0 Å². The van der Waals surface area contributed by atoms with Crippen LogP contribution in [-0.2, 0) is 14.3 Å². The predicted molar refractivity (Wildman–Crippen MR) is 103 cm³/mol.